The fraction of sp³-hybridized carbons (Fsp3) is 0.625. The summed E-state index contributed by atoms with van der Waals surface area (Å²) < 4.78 is 12.0. The molecule has 0 spiro atoms. The van der Waals surface area contributed by atoms with E-state index in [0.29, 0.717) is 0 Å². The van der Waals surface area contributed by atoms with Crippen LogP contribution < -0.4 is 5.32 Å². The van der Waals surface area contributed by atoms with Gasteiger partial charge in [-0.25, -0.2) is 0 Å². The Morgan fingerprint density at radius 2 is 2.21 bits per heavy atom. The number of nitrogens with one attached hydrogen (secondary N) is 1. The molecule has 104 valence electrons. The zero-order valence-corrected chi connectivity index (χ0v) is 11.8. The predicted octanol–water partition coefficient (Wildman–Crippen LogP) is 3.00. The van der Waals surface area contributed by atoms with E-state index in [2.05, 4.69) is 43.4 Å². The smallest absolute Gasteiger partial charge is 0.0817 e. The van der Waals surface area contributed by atoms with Crippen LogP contribution in [0.25, 0.3) is 0 Å². The molecule has 1 aromatic carbocycles. The van der Waals surface area contributed by atoms with Crippen molar-refractivity contribution in [1.82, 2.24) is 0 Å². The Morgan fingerprint density at radius 1 is 1.37 bits per heavy atom. The number of benzene rings is 1. The Balaban J connectivity index is 1.50. The number of rotatable bonds is 3. The zero-order chi connectivity index (χ0) is 13.3. The second-order valence-corrected chi connectivity index (χ2v) is 6.24. The Hall–Kier alpha value is -1.06. The number of fused-ring (bicyclic) bond motifs is 1. The molecular weight excluding hydrogens is 238 g/mol. The van der Waals surface area contributed by atoms with Crippen LogP contribution in [0, 0.1) is 0 Å². The van der Waals surface area contributed by atoms with Crippen LogP contribution in [-0.2, 0) is 15.9 Å². The van der Waals surface area contributed by atoms with Crippen molar-refractivity contribution in [3.05, 3.63) is 29.8 Å². The molecule has 2 unspecified atom stereocenters. The third-order valence-corrected chi connectivity index (χ3v) is 4.06. The van der Waals surface area contributed by atoms with Gasteiger partial charge in [-0.2, -0.15) is 0 Å². The molecule has 3 rings (SSSR count). The van der Waals surface area contributed by atoms with Gasteiger partial charge in [-0.3, -0.25) is 0 Å². The molecule has 19 heavy (non-hydrogen) atoms. The van der Waals surface area contributed by atoms with E-state index in [1.54, 1.807) is 0 Å². The molecule has 0 saturated carbocycles. The topological polar surface area (TPSA) is 30.5 Å². The van der Waals surface area contributed by atoms with Crippen molar-refractivity contribution >= 4 is 5.69 Å². The molecule has 0 radical (unpaired) electrons. The highest BCUT2D eigenvalue weighted by Gasteiger charge is 2.32. The van der Waals surface area contributed by atoms with Gasteiger partial charge in [0.25, 0.3) is 0 Å². The summed E-state index contributed by atoms with van der Waals surface area (Å²) in [5.74, 6) is 0. The van der Waals surface area contributed by atoms with Gasteiger partial charge < -0.3 is 14.8 Å². The Bertz CT molecular complexity index is 444. The van der Waals surface area contributed by atoms with E-state index < -0.39 is 0 Å². The van der Waals surface area contributed by atoms with Crippen LogP contribution in [0.4, 0.5) is 5.69 Å². The SMILES string of the molecule is CC1(C)CCC(COC2CNc3ccccc3C2)O1. The molecule has 2 atom stereocenters. The molecular formula is C16H23NO2. The lowest BCUT2D eigenvalue weighted by Gasteiger charge is -2.27. The zero-order valence-electron chi connectivity index (χ0n) is 11.8. The number of hydrogen-bond donors (Lipinski definition) is 1. The second kappa shape index (κ2) is 5.14. The third-order valence-electron chi connectivity index (χ3n) is 4.06. The summed E-state index contributed by atoms with van der Waals surface area (Å²) in [4.78, 5) is 0. The van der Waals surface area contributed by atoms with E-state index in [4.69, 9.17) is 9.47 Å². The molecule has 1 saturated heterocycles. The van der Waals surface area contributed by atoms with E-state index in [-0.39, 0.29) is 17.8 Å². The first kappa shape index (κ1) is 12.9. The van der Waals surface area contributed by atoms with Crippen molar-refractivity contribution in [2.45, 2.75) is 50.9 Å². The quantitative estimate of drug-likeness (QED) is 0.907. The lowest BCUT2D eigenvalue weighted by atomic mass is 10.0. The van der Waals surface area contributed by atoms with Crippen LogP contribution in [0.1, 0.15) is 32.3 Å². The van der Waals surface area contributed by atoms with Gasteiger partial charge in [0.05, 0.1) is 24.4 Å². The average molecular weight is 261 g/mol. The highest BCUT2D eigenvalue weighted by Crippen LogP contribution is 2.30. The Labute approximate surface area is 115 Å². The van der Waals surface area contributed by atoms with Crippen LogP contribution >= 0.6 is 0 Å². The van der Waals surface area contributed by atoms with Gasteiger partial charge in [-0.1, -0.05) is 18.2 Å². The molecule has 2 heterocycles. The lowest BCUT2D eigenvalue weighted by Crippen LogP contribution is -2.33. The maximum absolute atomic E-state index is 6.03. The summed E-state index contributed by atoms with van der Waals surface area (Å²) in [5.41, 5.74) is 2.64. The molecule has 3 heteroatoms. The maximum atomic E-state index is 6.03. The van der Waals surface area contributed by atoms with Crippen LogP contribution in [0.15, 0.2) is 24.3 Å². The van der Waals surface area contributed by atoms with Crippen LogP contribution in [0.3, 0.4) is 0 Å². The minimum atomic E-state index is 0.0332. The average Bonchev–Trinajstić information content (AvgIpc) is 2.76. The molecule has 1 aromatic rings. The fourth-order valence-electron chi connectivity index (χ4n) is 2.97. The van der Waals surface area contributed by atoms with Gasteiger partial charge in [-0.05, 0) is 38.3 Å². The summed E-state index contributed by atoms with van der Waals surface area (Å²) in [6, 6.07) is 8.47. The number of ether oxygens (including phenoxy) is 2. The largest absolute Gasteiger partial charge is 0.382 e. The molecule has 0 bridgehead atoms. The first-order valence-electron chi connectivity index (χ1n) is 7.24. The van der Waals surface area contributed by atoms with E-state index in [1.807, 2.05) is 0 Å². The number of anilines is 1. The number of para-hydroxylation sites is 1. The highest BCUT2D eigenvalue weighted by molar-refractivity contribution is 5.53. The van der Waals surface area contributed by atoms with Crippen molar-refractivity contribution in [1.29, 1.82) is 0 Å². The summed E-state index contributed by atoms with van der Waals surface area (Å²) in [7, 11) is 0. The normalized spacial score (nSPS) is 28.7. The van der Waals surface area contributed by atoms with Gasteiger partial charge in [0.2, 0.25) is 0 Å². The molecule has 1 fully saturated rings. The van der Waals surface area contributed by atoms with E-state index in [0.717, 1.165) is 32.4 Å². The van der Waals surface area contributed by atoms with E-state index >= 15 is 0 Å². The van der Waals surface area contributed by atoms with Crippen molar-refractivity contribution in [2.75, 3.05) is 18.5 Å². The standard InChI is InChI=1S/C16H23NO2/c1-16(2)8-7-13(19-16)11-18-14-9-12-5-3-4-6-15(12)17-10-14/h3-6,13-14,17H,7-11H2,1-2H3. The maximum Gasteiger partial charge on any atom is 0.0817 e. The minimum absolute atomic E-state index is 0.0332. The molecule has 0 aliphatic carbocycles. The first-order valence-corrected chi connectivity index (χ1v) is 7.24. The van der Waals surface area contributed by atoms with Crippen LogP contribution in [0.5, 0.6) is 0 Å². The molecule has 1 N–H and O–H groups in total. The van der Waals surface area contributed by atoms with E-state index in [1.165, 1.54) is 11.3 Å². The van der Waals surface area contributed by atoms with Gasteiger partial charge in [0.1, 0.15) is 0 Å². The van der Waals surface area contributed by atoms with Gasteiger partial charge in [-0.15, -0.1) is 0 Å². The Morgan fingerprint density at radius 3 is 3.00 bits per heavy atom. The summed E-state index contributed by atoms with van der Waals surface area (Å²) in [6.07, 6.45) is 3.78. The highest BCUT2D eigenvalue weighted by atomic mass is 16.6. The van der Waals surface area contributed by atoms with Crippen molar-refractivity contribution in [3.8, 4) is 0 Å². The monoisotopic (exact) mass is 261 g/mol. The number of hydrogen-bond acceptors (Lipinski definition) is 3. The van der Waals surface area contributed by atoms with Crippen LogP contribution in [0.2, 0.25) is 0 Å². The molecule has 3 nitrogen and oxygen atoms in total. The van der Waals surface area contributed by atoms with Crippen LogP contribution in [-0.4, -0.2) is 31.0 Å². The summed E-state index contributed by atoms with van der Waals surface area (Å²) >= 11 is 0. The fourth-order valence-corrected chi connectivity index (χ4v) is 2.97. The van der Waals surface area contributed by atoms with Gasteiger partial charge >= 0.3 is 0 Å². The first-order chi connectivity index (χ1) is 9.12. The molecule has 2 aliphatic rings. The van der Waals surface area contributed by atoms with Crippen molar-refractivity contribution < 1.29 is 9.47 Å². The molecule has 2 aliphatic heterocycles. The van der Waals surface area contributed by atoms with Crippen molar-refractivity contribution in [2.24, 2.45) is 0 Å². The third kappa shape index (κ3) is 3.10. The van der Waals surface area contributed by atoms with Gasteiger partial charge in [0.15, 0.2) is 0 Å². The minimum Gasteiger partial charge on any atom is -0.382 e. The molecule has 0 amide bonds. The second-order valence-electron chi connectivity index (χ2n) is 6.24. The van der Waals surface area contributed by atoms with Crippen molar-refractivity contribution in [3.63, 3.8) is 0 Å². The Kier molecular flexibility index (Phi) is 3.50. The summed E-state index contributed by atoms with van der Waals surface area (Å²) in [5, 5.41) is 3.44. The predicted molar refractivity (Wildman–Crippen MR) is 76.6 cm³/mol. The van der Waals surface area contributed by atoms with Gasteiger partial charge in [0, 0.05) is 18.7 Å². The lowest BCUT2D eigenvalue weighted by molar-refractivity contribution is -0.0680. The molecule has 0 aromatic heterocycles. The van der Waals surface area contributed by atoms with E-state index in [9.17, 15) is 0 Å². The summed E-state index contributed by atoms with van der Waals surface area (Å²) in [6.45, 7) is 5.93.